The zero-order valence-corrected chi connectivity index (χ0v) is 24.4. The molecular formula is C28H27F2N7Pt. The van der Waals surface area contributed by atoms with Gasteiger partial charge in [-0.15, -0.1) is 17.7 Å². The normalized spacial score (nSPS) is 11.6. The number of rotatable bonds is 5. The summed E-state index contributed by atoms with van der Waals surface area (Å²) in [6.07, 6.45) is 2.89. The fraction of sp³-hybridized carbons (Fsp3) is 0.321. The van der Waals surface area contributed by atoms with Crippen molar-refractivity contribution in [2.75, 3.05) is 19.0 Å². The van der Waals surface area contributed by atoms with Crippen molar-refractivity contribution >= 4 is 11.4 Å². The maximum atomic E-state index is 15.1. The molecule has 4 aromatic rings. The van der Waals surface area contributed by atoms with Crippen LogP contribution in [-0.4, -0.2) is 38.8 Å². The van der Waals surface area contributed by atoms with E-state index in [2.05, 4.69) is 27.3 Å². The molecule has 7 nitrogen and oxygen atoms in total. The van der Waals surface area contributed by atoms with E-state index in [1.165, 1.54) is 4.68 Å². The van der Waals surface area contributed by atoms with E-state index in [4.69, 9.17) is 16.5 Å². The van der Waals surface area contributed by atoms with Crippen LogP contribution in [0.3, 0.4) is 0 Å². The molecule has 0 fully saturated rings. The molecule has 38 heavy (non-hydrogen) atoms. The van der Waals surface area contributed by atoms with Crippen LogP contribution in [0.1, 0.15) is 51.8 Å². The topological polar surface area (TPSA) is 64.1 Å². The molecule has 0 N–H and O–H groups in total. The first kappa shape index (κ1) is 29.1. The molecule has 0 aliphatic carbocycles. The van der Waals surface area contributed by atoms with E-state index in [0.717, 1.165) is 11.8 Å². The van der Waals surface area contributed by atoms with Crippen molar-refractivity contribution < 1.29 is 29.8 Å². The van der Waals surface area contributed by atoms with Gasteiger partial charge in [-0.05, 0) is 37.1 Å². The van der Waals surface area contributed by atoms with E-state index >= 15 is 4.39 Å². The van der Waals surface area contributed by atoms with Gasteiger partial charge in [0.05, 0.1) is 18.2 Å². The summed E-state index contributed by atoms with van der Waals surface area (Å²) >= 11 is 0. The Bertz CT molecular complexity index is 1510. The van der Waals surface area contributed by atoms with Gasteiger partial charge < -0.3 is 19.5 Å². The fourth-order valence-electron chi connectivity index (χ4n) is 3.68. The second-order valence-electron chi connectivity index (χ2n) is 10.5. The standard InChI is InChI=1S/C28H27F2N7.Pt/c1-27(2,3)26-32-16-37(35-26)23-11-9-10-21(34-23)28(4,5)22-15-17(36(7)8)14-20(33-22)18-12-13-19(29)25(31-6)24(18)30;/h9-11,13-15H,1-5,7-8H3;/q-2;+2. The Morgan fingerprint density at radius 2 is 1.74 bits per heavy atom. The van der Waals surface area contributed by atoms with Gasteiger partial charge in [-0.2, -0.15) is 0 Å². The van der Waals surface area contributed by atoms with E-state index < -0.39 is 22.7 Å². The minimum atomic E-state index is -0.987. The van der Waals surface area contributed by atoms with Crippen molar-refractivity contribution in [1.82, 2.24) is 24.7 Å². The molecular weight excluding hydrogens is 667 g/mol. The van der Waals surface area contributed by atoms with Crippen molar-refractivity contribution in [3.8, 4) is 17.1 Å². The molecule has 0 aliphatic heterocycles. The summed E-state index contributed by atoms with van der Waals surface area (Å²) in [5.74, 6) is -0.739. The number of pyridine rings is 2. The first-order valence-corrected chi connectivity index (χ1v) is 11.6. The van der Waals surface area contributed by atoms with Gasteiger partial charge in [0.25, 0.3) is 0 Å². The van der Waals surface area contributed by atoms with Crippen LogP contribution in [0.4, 0.5) is 20.2 Å². The third kappa shape index (κ3) is 5.51. The van der Waals surface area contributed by atoms with Crippen LogP contribution in [0, 0.1) is 30.6 Å². The summed E-state index contributed by atoms with van der Waals surface area (Å²) in [6.45, 7) is 17.2. The maximum absolute atomic E-state index is 15.1. The van der Waals surface area contributed by atoms with Gasteiger partial charge >= 0.3 is 21.1 Å². The summed E-state index contributed by atoms with van der Waals surface area (Å²) in [4.78, 5) is 18.7. The minimum absolute atomic E-state index is 0. The number of nitrogens with zero attached hydrogens (tertiary/aromatic N) is 7. The number of benzene rings is 1. The molecule has 3 aromatic heterocycles. The molecule has 1 aromatic carbocycles. The monoisotopic (exact) mass is 694 g/mol. The molecule has 4 rings (SSSR count). The molecule has 0 amide bonds. The Balaban J connectivity index is 0.00000400. The quantitative estimate of drug-likeness (QED) is 0.246. The Kier molecular flexibility index (Phi) is 8.18. The predicted molar refractivity (Wildman–Crippen MR) is 138 cm³/mol. The Morgan fingerprint density at radius 1 is 1.03 bits per heavy atom. The summed E-state index contributed by atoms with van der Waals surface area (Å²) in [7, 11) is 3.72. The fourth-order valence-corrected chi connectivity index (χ4v) is 3.68. The van der Waals surface area contributed by atoms with Crippen LogP contribution in [0.25, 0.3) is 21.9 Å². The molecule has 0 radical (unpaired) electrons. The summed E-state index contributed by atoms with van der Waals surface area (Å²) in [5.41, 5.74) is 0.608. The van der Waals surface area contributed by atoms with Crippen molar-refractivity contribution in [3.05, 3.63) is 89.1 Å². The van der Waals surface area contributed by atoms with E-state index in [1.54, 1.807) is 6.07 Å². The van der Waals surface area contributed by atoms with Crippen LogP contribution in [0.2, 0.25) is 0 Å². The molecule has 198 valence electrons. The number of hydrogen-bond donors (Lipinski definition) is 0. The van der Waals surface area contributed by atoms with Crippen molar-refractivity contribution in [3.63, 3.8) is 0 Å². The maximum Gasteiger partial charge on any atom is 2.00 e. The minimum Gasteiger partial charge on any atom is -0.378 e. The first-order valence-electron chi connectivity index (χ1n) is 11.6. The first-order chi connectivity index (χ1) is 17.3. The second-order valence-corrected chi connectivity index (χ2v) is 10.5. The van der Waals surface area contributed by atoms with Crippen molar-refractivity contribution in [2.24, 2.45) is 0 Å². The number of anilines is 1. The zero-order valence-electron chi connectivity index (χ0n) is 22.2. The zero-order chi connectivity index (χ0) is 27.1. The average Bonchev–Trinajstić information content (AvgIpc) is 3.35. The third-order valence-electron chi connectivity index (χ3n) is 6.04. The molecule has 0 unspecified atom stereocenters. The number of aromatic nitrogens is 5. The van der Waals surface area contributed by atoms with E-state index in [-0.39, 0.29) is 37.7 Å². The number of halogens is 2. The summed E-state index contributed by atoms with van der Waals surface area (Å²) in [6, 6.07) is 12.7. The van der Waals surface area contributed by atoms with Crippen LogP contribution in [0.5, 0.6) is 0 Å². The van der Waals surface area contributed by atoms with Gasteiger partial charge in [-0.1, -0.05) is 39.0 Å². The van der Waals surface area contributed by atoms with E-state index in [1.807, 2.05) is 77.9 Å². The summed E-state index contributed by atoms with van der Waals surface area (Å²) < 4.78 is 30.5. The predicted octanol–water partition coefficient (Wildman–Crippen LogP) is 5.84. The van der Waals surface area contributed by atoms with Gasteiger partial charge in [-0.25, -0.2) is 5.10 Å². The molecule has 10 heteroatoms. The smallest absolute Gasteiger partial charge is 0.378 e. The molecule has 0 bridgehead atoms. The third-order valence-corrected chi connectivity index (χ3v) is 6.04. The van der Waals surface area contributed by atoms with E-state index in [0.29, 0.717) is 23.0 Å². The van der Waals surface area contributed by atoms with Gasteiger partial charge in [0.15, 0.2) is 5.69 Å². The Morgan fingerprint density at radius 3 is 2.34 bits per heavy atom. The van der Waals surface area contributed by atoms with Crippen LogP contribution < -0.4 is 4.90 Å². The molecule has 0 aliphatic rings. The molecule has 3 heterocycles. The largest absolute Gasteiger partial charge is 2.00 e. The van der Waals surface area contributed by atoms with Crippen molar-refractivity contribution in [2.45, 2.75) is 45.4 Å². The van der Waals surface area contributed by atoms with Gasteiger partial charge in [0, 0.05) is 54.5 Å². The van der Waals surface area contributed by atoms with Gasteiger partial charge in [0.2, 0.25) is 0 Å². The molecule has 0 saturated carbocycles. The van der Waals surface area contributed by atoms with Crippen LogP contribution in [-0.2, 0) is 31.9 Å². The van der Waals surface area contributed by atoms with Gasteiger partial charge in [0.1, 0.15) is 0 Å². The molecule has 0 spiro atoms. The Labute approximate surface area is 236 Å². The van der Waals surface area contributed by atoms with Gasteiger partial charge in [-0.3, -0.25) is 18.6 Å². The second kappa shape index (κ2) is 10.7. The SMILES string of the molecule is [C-]#[N+]c1c(F)c[c-]c(-c2cc(N(C)C)cc(C(C)(C)c3cccc(-n4[c-]nc(C(C)(C)C)n4)n3)n2)c1F.[Pt+2]. The van der Waals surface area contributed by atoms with Crippen molar-refractivity contribution in [1.29, 1.82) is 0 Å². The Hall–Kier alpha value is -3.50. The molecule has 0 saturated heterocycles. The average molecular weight is 695 g/mol. The number of hydrogen-bond acceptors (Lipinski definition) is 5. The van der Waals surface area contributed by atoms with Crippen LogP contribution in [0.15, 0.2) is 36.4 Å². The summed E-state index contributed by atoms with van der Waals surface area (Å²) in [5, 5.41) is 4.54. The molecule has 0 atom stereocenters. The van der Waals surface area contributed by atoms with Crippen LogP contribution >= 0.6 is 0 Å². The van der Waals surface area contributed by atoms with E-state index in [9.17, 15) is 4.39 Å².